The summed E-state index contributed by atoms with van der Waals surface area (Å²) in [4.78, 5) is 26.3. The highest BCUT2D eigenvalue weighted by Crippen LogP contribution is 2.39. The van der Waals surface area contributed by atoms with Crippen molar-refractivity contribution in [2.45, 2.75) is 249 Å². The van der Waals surface area contributed by atoms with Crippen molar-refractivity contribution in [3.8, 4) is 0 Å². The first-order valence-electron chi connectivity index (χ1n) is 26.2. The average molecular weight is 1190 g/mol. The number of ether oxygens (including phenoxy) is 13. The lowest BCUT2D eigenvalue weighted by molar-refractivity contribution is -0.396. The van der Waals surface area contributed by atoms with E-state index < -0.39 is 253 Å². The molecule has 0 aromatic heterocycles. The van der Waals surface area contributed by atoms with Gasteiger partial charge in [0, 0.05) is 13.8 Å². The molecule has 7 rings (SSSR count). The van der Waals surface area contributed by atoms with Crippen LogP contribution in [0.3, 0.4) is 0 Å². The van der Waals surface area contributed by atoms with Crippen LogP contribution in [0.2, 0.25) is 0 Å². The Bertz CT molecular complexity index is 2010. The molecule has 35 heteroatoms. The van der Waals surface area contributed by atoms with E-state index in [1.54, 1.807) is 0 Å². The number of nitrogens with one attached hydrogen (secondary N) is 2. The first-order chi connectivity index (χ1) is 38.1. The lowest BCUT2D eigenvalue weighted by Gasteiger charge is -2.52. The smallest absolute Gasteiger partial charge is 0.217 e. The van der Waals surface area contributed by atoms with Crippen LogP contribution in [0.5, 0.6) is 0 Å². The molecule has 470 valence electrons. The van der Waals surface area contributed by atoms with Crippen LogP contribution >= 0.6 is 0 Å². The molecule has 0 saturated carbocycles. The summed E-state index contributed by atoms with van der Waals surface area (Å²) in [6, 6.07) is -3.70. The molecule has 81 heavy (non-hydrogen) atoms. The van der Waals surface area contributed by atoms with Gasteiger partial charge in [-0.3, -0.25) is 9.59 Å². The molecule has 0 aliphatic carbocycles. The highest BCUT2D eigenvalue weighted by molar-refractivity contribution is 5.73. The van der Waals surface area contributed by atoms with Crippen molar-refractivity contribution >= 4 is 11.8 Å². The fourth-order valence-corrected chi connectivity index (χ4v) is 10.5. The van der Waals surface area contributed by atoms with Crippen molar-refractivity contribution in [1.29, 1.82) is 0 Å². The second-order valence-corrected chi connectivity index (χ2v) is 21.0. The molecule has 2 amide bonds. The van der Waals surface area contributed by atoms with E-state index in [4.69, 9.17) is 61.6 Å². The van der Waals surface area contributed by atoms with Crippen LogP contribution in [-0.2, 0) is 71.2 Å². The summed E-state index contributed by atoms with van der Waals surface area (Å²) in [6.07, 6.45) is -61.8. The number of aliphatic hydroxyl groups excluding tert-OH is 18. The summed E-state index contributed by atoms with van der Waals surface area (Å²) in [7, 11) is 0. The molecule has 7 aliphatic heterocycles. The molecule has 35 nitrogen and oxygen atoms in total. The van der Waals surface area contributed by atoms with Crippen LogP contribution in [0.1, 0.15) is 34.6 Å². The molecule has 7 saturated heterocycles. The molecule has 7 fully saturated rings. The van der Waals surface area contributed by atoms with Gasteiger partial charge in [-0.15, -0.1) is 0 Å². The summed E-state index contributed by atoms with van der Waals surface area (Å²) in [5.74, 6) is -1.77. The van der Waals surface area contributed by atoms with Gasteiger partial charge in [0.15, 0.2) is 44.0 Å². The molecule has 35 atom stereocenters. The minimum atomic E-state index is -2.26. The van der Waals surface area contributed by atoms with Crippen molar-refractivity contribution in [2.24, 2.45) is 0 Å². The van der Waals surface area contributed by atoms with E-state index >= 15 is 0 Å². The summed E-state index contributed by atoms with van der Waals surface area (Å²) in [6.45, 7) is 1.96. The van der Waals surface area contributed by atoms with Crippen LogP contribution in [0, 0.1) is 0 Å². The summed E-state index contributed by atoms with van der Waals surface area (Å²) in [5.41, 5.74) is 0. The van der Waals surface area contributed by atoms with Gasteiger partial charge in [0.1, 0.15) is 152 Å². The third kappa shape index (κ3) is 14.3. The lowest BCUT2D eigenvalue weighted by Crippen LogP contribution is -2.72. The average Bonchev–Trinajstić information content (AvgIpc) is 3.44. The fraction of sp³-hybridized carbons (Fsp3) is 0.957. The van der Waals surface area contributed by atoms with Gasteiger partial charge in [-0.25, -0.2) is 0 Å². The zero-order valence-corrected chi connectivity index (χ0v) is 44.2. The molecule has 20 N–H and O–H groups in total. The van der Waals surface area contributed by atoms with E-state index in [1.165, 1.54) is 20.8 Å². The van der Waals surface area contributed by atoms with E-state index in [-0.39, 0.29) is 0 Å². The Morgan fingerprint density at radius 2 is 0.691 bits per heavy atom. The van der Waals surface area contributed by atoms with Crippen molar-refractivity contribution in [1.82, 2.24) is 10.6 Å². The fourth-order valence-electron chi connectivity index (χ4n) is 10.5. The number of carbonyl (C=O) groups excluding carboxylic acids is 2. The zero-order chi connectivity index (χ0) is 59.8. The molecular formula is C46H78N2O33. The normalized spacial score (nSPS) is 51.8. The van der Waals surface area contributed by atoms with Crippen LogP contribution < -0.4 is 10.6 Å². The highest BCUT2D eigenvalue weighted by atomic mass is 16.8. The number of hydrogen-bond acceptors (Lipinski definition) is 33. The number of amides is 2. The minimum absolute atomic E-state index is 0.839. The maximum absolute atomic E-state index is 13.4. The van der Waals surface area contributed by atoms with Gasteiger partial charge < -0.3 is 164 Å². The first kappa shape index (κ1) is 66.2. The van der Waals surface area contributed by atoms with E-state index in [9.17, 15) is 102 Å². The number of rotatable bonds is 18. The van der Waals surface area contributed by atoms with E-state index in [0.717, 1.165) is 13.8 Å². The summed E-state index contributed by atoms with van der Waals surface area (Å²) in [5, 5.41) is 200. The van der Waals surface area contributed by atoms with Gasteiger partial charge in [0.05, 0.1) is 44.7 Å². The monoisotopic (exact) mass is 1190 g/mol. The molecule has 0 unspecified atom stereocenters. The van der Waals surface area contributed by atoms with Gasteiger partial charge in [-0.05, 0) is 20.8 Å². The highest BCUT2D eigenvalue weighted by Gasteiger charge is 2.59. The zero-order valence-electron chi connectivity index (χ0n) is 44.2. The molecule has 0 spiro atoms. The quantitative estimate of drug-likeness (QED) is 0.0606. The van der Waals surface area contributed by atoms with Crippen LogP contribution in [0.4, 0.5) is 0 Å². The van der Waals surface area contributed by atoms with Gasteiger partial charge in [0.25, 0.3) is 0 Å². The van der Waals surface area contributed by atoms with Crippen LogP contribution in [0.25, 0.3) is 0 Å². The molecule has 0 aromatic rings. The van der Waals surface area contributed by atoms with Crippen LogP contribution in [-0.4, -0.2) is 345 Å². The summed E-state index contributed by atoms with van der Waals surface area (Å²) >= 11 is 0. The Labute approximate surface area is 460 Å². The predicted octanol–water partition coefficient (Wildman–Crippen LogP) is -12.9. The van der Waals surface area contributed by atoms with Crippen LogP contribution in [0.15, 0.2) is 0 Å². The number of aliphatic hydroxyl groups is 18. The van der Waals surface area contributed by atoms with Crippen molar-refractivity contribution in [2.75, 3.05) is 26.4 Å². The van der Waals surface area contributed by atoms with Gasteiger partial charge >= 0.3 is 0 Å². The standard InChI is InChI=1S/C46H78N2O33/c1-10-21(54)26(59)30(63)42(70-10)69-9-18-36(37(19(40(68)73-18)47-13(4)52)79-43-31(64)27(60)22(55)11(2)71-43)77-41-20(48-14(5)53)38(80-44-32(65)28(61)23(56)12(3)72-44)35(17(8-51)76-41)78-46-34(67)39(25(58)16(7-50)75-46)81-45-33(66)29(62)24(57)15(6-49)74-45/h10-12,15-46,49-51,54-68H,6-9H2,1-5H3,(H,47,52)(H,48,53)/t10-,11-,12-,15+,16+,17+,18+,19+,20+,21+,22+,23+,24+,25+,26+,27+,28+,29-,30-,31-,32-,33-,34-,35+,36+,37+,38+,39-,40+,41-,42+,43-,44-,45+,46-/m0/s1. The van der Waals surface area contributed by atoms with E-state index in [0.29, 0.717) is 0 Å². The van der Waals surface area contributed by atoms with Crippen molar-refractivity contribution in [3.05, 3.63) is 0 Å². The molecule has 0 bridgehead atoms. The largest absolute Gasteiger partial charge is 0.394 e. The number of carbonyl (C=O) groups is 2. The van der Waals surface area contributed by atoms with Crippen molar-refractivity contribution < 1.29 is 163 Å². The molecular weight excluding hydrogens is 1110 g/mol. The molecule has 0 aromatic carbocycles. The second-order valence-electron chi connectivity index (χ2n) is 21.0. The van der Waals surface area contributed by atoms with E-state index in [1.807, 2.05) is 0 Å². The Balaban J connectivity index is 1.30. The van der Waals surface area contributed by atoms with Gasteiger partial charge in [-0.2, -0.15) is 0 Å². The van der Waals surface area contributed by atoms with Gasteiger partial charge in [0.2, 0.25) is 11.8 Å². The second kappa shape index (κ2) is 28.0. The maximum atomic E-state index is 13.4. The third-order valence-corrected chi connectivity index (χ3v) is 15.2. The molecule has 7 aliphatic rings. The Morgan fingerprint density at radius 1 is 0.346 bits per heavy atom. The SMILES string of the molecule is CC(=O)N[C@@H]1[C@@H](O[C@@H]2O[C@@H](C)[C@@H](O)[C@@H](O)[C@@H]2O)[C@H](O[C@@H]2O[C@H](CO)[C@@H](O[C@@H]3O[C@H](CO)[C@@H](O)[C@H](O[C@H]4O[C@H](CO)[C@@H](O)[C@H](O)[C@@H]4O)[C@@H]3O)[C@H](O[C@@H]3O[C@@H](C)[C@@H](O)[C@@H](O)[C@@H]3O)[C@H]2NC(C)=O)[C@@H](CO[C@@H]2O[C@@H](C)[C@@H](O)[C@@H](O)[C@@H]2O)O[C@H]1O. The minimum Gasteiger partial charge on any atom is -0.394 e. The lowest BCUT2D eigenvalue weighted by atomic mass is 9.93. The van der Waals surface area contributed by atoms with Gasteiger partial charge in [-0.1, -0.05) is 0 Å². The summed E-state index contributed by atoms with van der Waals surface area (Å²) < 4.78 is 77.6. The Morgan fingerprint density at radius 3 is 1.17 bits per heavy atom. The topological polar surface area (TPSA) is 542 Å². The molecule has 0 radical (unpaired) electrons. The van der Waals surface area contributed by atoms with Crippen molar-refractivity contribution in [3.63, 3.8) is 0 Å². The maximum Gasteiger partial charge on any atom is 0.217 e. The third-order valence-electron chi connectivity index (χ3n) is 15.2. The number of hydrogen-bond donors (Lipinski definition) is 20. The van der Waals surface area contributed by atoms with E-state index in [2.05, 4.69) is 10.6 Å². The first-order valence-corrected chi connectivity index (χ1v) is 26.2. The Hall–Kier alpha value is -2.30. The molecule has 7 heterocycles. The predicted molar refractivity (Wildman–Crippen MR) is 251 cm³/mol. The Kier molecular flexibility index (Phi) is 22.9.